The van der Waals surface area contributed by atoms with Crippen LogP contribution in [0.25, 0.3) is 5.57 Å². The highest BCUT2D eigenvalue weighted by Gasteiger charge is 1.97. The summed E-state index contributed by atoms with van der Waals surface area (Å²) < 4.78 is 0. The minimum Gasteiger partial charge on any atom is -0.399 e. The van der Waals surface area contributed by atoms with Crippen LogP contribution in [-0.2, 0) is 0 Å². The Bertz CT molecular complexity index is 425. The molecule has 0 aromatic heterocycles. The predicted molar refractivity (Wildman–Crippen MR) is 73.1 cm³/mol. The van der Waals surface area contributed by atoms with Crippen LogP contribution in [0.1, 0.15) is 25.8 Å². The van der Waals surface area contributed by atoms with Crippen LogP contribution in [0, 0.1) is 0 Å². The maximum Gasteiger partial charge on any atom is 0.0320 e. The number of rotatable bonds is 4. The van der Waals surface area contributed by atoms with E-state index < -0.39 is 0 Å². The third kappa shape index (κ3) is 3.77. The van der Waals surface area contributed by atoms with E-state index >= 15 is 0 Å². The van der Waals surface area contributed by atoms with E-state index in [4.69, 9.17) is 5.73 Å². The molecule has 0 atom stereocenters. The molecular formula is C15H19N. The first kappa shape index (κ1) is 12.3. The summed E-state index contributed by atoms with van der Waals surface area (Å²) in [6.07, 6.45) is 7.14. The molecule has 1 aromatic carbocycles. The summed E-state index contributed by atoms with van der Waals surface area (Å²) in [5.74, 6) is 0. The van der Waals surface area contributed by atoms with Gasteiger partial charge in [-0.2, -0.15) is 0 Å². The molecule has 16 heavy (non-hydrogen) atoms. The van der Waals surface area contributed by atoms with Crippen molar-refractivity contribution in [3.63, 3.8) is 0 Å². The van der Waals surface area contributed by atoms with Crippen LogP contribution < -0.4 is 5.73 Å². The van der Waals surface area contributed by atoms with Gasteiger partial charge in [0.15, 0.2) is 0 Å². The minimum absolute atomic E-state index is 0.806. The lowest BCUT2D eigenvalue weighted by Crippen LogP contribution is -1.87. The fraction of sp³-hybridized carbons (Fsp3) is 0.200. The summed E-state index contributed by atoms with van der Waals surface area (Å²) >= 11 is 0. The van der Waals surface area contributed by atoms with Crippen LogP contribution in [0.2, 0.25) is 0 Å². The van der Waals surface area contributed by atoms with Crippen LogP contribution >= 0.6 is 0 Å². The van der Waals surface area contributed by atoms with Crippen LogP contribution in [0.15, 0.2) is 54.6 Å². The summed E-state index contributed by atoms with van der Waals surface area (Å²) in [5.41, 5.74) is 10.1. The molecule has 0 aliphatic rings. The largest absolute Gasteiger partial charge is 0.399 e. The van der Waals surface area contributed by atoms with E-state index in [1.165, 1.54) is 11.1 Å². The van der Waals surface area contributed by atoms with Crippen LogP contribution in [-0.4, -0.2) is 0 Å². The van der Waals surface area contributed by atoms with Gasteiger partial charge in [-0.05, 0) is 36.6 Å². The summed E-state index contributed by atoms with van der Waals surface area (Å²) in [5, 5.41) is 0. The van der Waals surface area contributed by atoms with Crippen molar-refractivity contribution in [2.45, 2.75) is 20.3 Å². The van der Waals surface area contributed by atoms with E-state index in [2.05, 4.69) is 25.6 Å². The molecule has 84 valence electrons. The second-order valence-corrected chi connectivity index (χ2v) is 3.88. The Hall–Kier alpha value is -1.76. The second kappa shape index (κ2) is 5.96. The number of nitrogen functional groups attached to an aromatic ring is 1. The van der Waals surface area contributed by atoms with Gasteiger partial charge in [-0.3, -0.25) is 0 Å². The SMILES string of the molecule is C=C(C)/C=C\C=C(/CC)c1cccc(N)c1. The molecule has 0 saturated heterocycles. The molecule has 0 amide bonds. The maximum atomic E-state index is 5.77. The summed E-state index contributed by atoms with van der Waals surface area (Å²) in [4.78, 5) is 0. The van der Waals surface area contributed by atoms with Gasteiger partial charge in [-0.15, -0.1) is 0 Å². The van der Waals surface area contributed by atoms with Gasteiger partial charge in [0.2, 0.25) is 0 Å². The van der Waals surface area contributed by atoms with Crippen LogP contribution in [0.3, 0.4) is 0 Å². The zero-order valence-corrected chi connectivity index (χ0v) is 10.0. The van der Waals surface area contributed by atoms with Gasteiger partial charge in [0, 0.05) is 5.69 Å². The van der Waals surface area contributed by atoms with Crippen molar-refractivity contribution in [2.24, 2.45) is 0 Å². The average molecular weight is 213 g/mol. The summed E-state index contributed by atoms with van der Waals surface area (Å²) in [7, 11) is 0. The Labute approximate surface area is 98.0 Å². The Morgan fingerprint density at radius 2 is 2.19 bits per heavy atom. The molecule has 1 aromatic rings. The maximum absolute atomic E-state index is 5.77. The smallest absolute Gasteiger partial charge is 0.0320 e. The van der Waals surface area contributed by atoms with Crippen molar-refractivity contribution >= 4 is 11.3 Å². The molecule has 1 heteroatoms. The second-order valence-electron chi connectivity index (χ2n) is 3.88. The van der Waals surface area contributed by atoms with Gasteiger partial charge >= 0.3 is 0 Å². The van der Waals surface area contributed by atoms with Gasteiger partial charge in [-0.1, -0.05) is 49.4 Å². The van der Waals surface area contributed by atoms with Gasteiger partial charge in [0.1, 0.15) is 0 Å². The quantitative estimate of drug-likeness (QED) is 0.589. The molecule has 0 saturated carbocycles. The van der Waals surface area contributed by atoms with E-state index in [0.717, 1.165) is 17.7 Å². The fourth-order valence-electron chi connectivity index (χ4n) is 1.49. The highest BCUT2D eigenvalue weighted by molar-refractivity contribution is 5.69. The van der Waals surface area contributed by atoms with Crippen molar-refractivity contribution < 1.29 is 0 Å². The van der Waals surface area contributed by atoms with Gasteiger partial charge in [0.25, 0.3) is 0 Å². The van der Waals surface area contributed by atoms with E-state index in [-0.39, 0.29) is 0 Å². The number of hydrogen-bond donors (Lipinski definition) is 1. The Balaban J connectivity index is 2.94. The lowest BCUT2D eigenvalue weighted by molar-refractivity contribution is 1.24. The highest BCUT2D eigenvalue weighted by atomic mass is 14.5. The van der Waals surface area contributed by atoms with Crippen LogP contribution in [0.5, 0.6) is 0 Å². The monoisotopic (exact) mass is 213 g/mol. The molecule has 1 rings (SSSR count). The number of hydrogen-bond acceptors (Lipinski definition) is 1. The van der Waals surface area contributed by atoms with E-state index in [0.29, 0.717) is 0 Å². The molecule has 0 bridgehead atoms. The lowest BCUT2D eigenvalue weighted by atomic mass is 10.0. The number of nitrogens with two attached hydrogens (primary N) is 1. The zero-order chi connectivity index (χ0) is 12.0. The Kier molecular flexibility index (Phi) is 4.59. The summed E-state index contributed by atoms with van der Waals surface area (Å²) in [6.45, 7) is 7.95. The number of anilines is 1. The average Bonchev–Trinajstić information content (AvgIpc) is 2.24. The molecule has 0 radical (unpaired) electrons. The van der Waals surface area contributed by atoms with Crippen molar-refractivity contribution in [1.29, 1.82) is 0 Å². The van der Waals surface area contributed by atoms with Crippen molar-refractivity contribution in [2.75, 3.05) is 5.73 Å². The number of allylic oxidation sites excluding steroid dienone is 5. The van der Waals surface area contributed by atoms with Gasteiger partial charge < -0.3 is 5.73 Å². The van der Waals surface area contributed by atoms with Crippen molar-refractivity contribution in [1.82, 2.24) is 0 Å². The molecule has 0 aliphatic heterocycles. The van der Waals surface area contributed by atoms with Crippen LogP contribution in [0.4, 0.5) is 5.69 Å². The van der Waals surface area contributed by atoms with Gasteiger partial charge in [-0.25, -0.2) is 0 Å². The first-order chi connectivity index (χ1) is 7.63. The molecule has 0 unspecified atom stereocenters. The summed E-state index contributed by atoms with van der Waals surface area (Å²) in [6, 6.07) is 7.97. The predicted octanol–water partition coefficient (Wildman–Crippen LogP) is 4.19. The van der Waals surface area contributed by atoms with Crippen molar-refractivity contribution in [3.05, 3.63) is 60.2 Å². The molecule has 0 fully saturated rings. The first-order valence-electron chi connectivity index (χ1n) is 5.52. The van der Waals surface area contributed by atoms with E-state index in [1.54, 1.807) is 0 Å². The third-order valence-corrected chi connectivity index (χ3v) is 2.32. The third-order valence-electron chi connectivity index (χ3n) is 2.32. The molecule has 2 N–H and O–H groups in total. The van der Waals surface area contributed by atoms with E-state index in [9.17, 15) is 0 Å². The Morgan fingerprint density at radius 1 is 1.44 bits per heavy atom. The molecular weight excluding hydrogens is 194 g/mol. The normalized spacial score (nSPS) is 12.0. The molecule has 1 nitrogen and oxygen atoms in total. The first-order valence-corrected chi connectivity index (χ1v) is 5.52. The van der Waals surface area contributed by atoms with Crippen molar-refractivity contribution in [3.8, 4) is 0 Å². The molecule has 0 aliphatic carbocycles. The lowest BCUT2D eigenvalue weighted by Gasteiger charge is -2.04. The molecule has 0 heterocycles. The number of benzene rings is 1. The highest BCUT2D eigenvalue weighted by Crippen LogP contribution is 2.20. The van der Waals surface area contributed by atoms with Gasteiger partial charge in [0.05, 0.1) is 0 Å². The minimum atomic E-state index is 0.806. The Morgan fingerprint density at radius 3 is 2.75 bits per heavy atom. The topological polar surface area (TPSA) is 26.0 Å². The zero-order valence-electron chi connectivity index (χ0n) is 10.0. The van der Waals surface area contributed by atoms with E-state index in [1.807, 2.05) is 37.3 Å². The standard InChI is InChI=1S/C15H19N/c1-4-13(8-5-7-12(2)3)14-9-6-10-15(16)11-14/h5-11H,2,4,16H2,1,3H3/b7-5-,13-8+. The molecule has 0 spiro atoms. The fourth-order valence-corrected chi connectivity index (χ4v) is 1.49.